The summed E-state index contributed by atoms with van der Waals surface area (Å²) >= 11 is 0. The molecule has 5 atom stereocenters. The Morgan fingerprint density at radius 1 is 0.680 bits per heavy atom. The third-order valence-corrected chi connectivity index (χ3v) is 9.10. The van der Waals surface area contributed by atoms with E-state index in [0.717, 1.165) is 77.0 Å². The van der Waals surface area contributed by atoms with Gasteiger partial charge in [0.2, 0.25) is 10.4 Å². The van der Waals surface area contributed by atoms with Crippen molar-refractivity contribution in [3.8, 4) is 0 Å². The summed E-state index contributed by atoms with van der Waals surface area (Å²) in [6.45, 7) is -0.773. The number of aryl methyl sites for hydroxylation is 2. The maximum atomic E-state index is 12.9. The first kappa shape index (κ1) is 44.3. The zero-order valence-electron chi connectivity index (χ0n) is 29.6. The van der Waals surface area contributed by atoms with Crippen molar-refractivity contribution in [2.45, 2.75) is 133 Å². The largest absolute Gasteiger partial charge is 1.00 e. The summed E-state index contributed by atoms with van der Waals surface area (Å²) in [5, 5.41) is 9.89. The van der Waals surface area contributed by atoms with Crippen molar-refractivity contribution in [1.29, 1.82) is 0 Å². The fourth-order valence-electron chi connectivity index (χ4n) is 6.05. The van der Waals surface area contributed by atoms with Crippen molar-refractivity contribution >= 4 is 22.3 Å². The van der Waals surface area contributed by atoms with Gasteiger partial charge in [-0.05, 0) is 49.7 Å². The third kappa shape index (κ3) is 17.6. The van der Waals surface area contributed by atoms with E-state index in [9.17, 15) is 27.7 Å². The average Bonchev–Trinajstić information content (AvgIpc) is 3.09. The summed E-state index contributed by atoms with van der Waals surface area (Å²) in [5.41, 5.74) is 2.64. The Balaban J connectivity index is 0.00000867. The molecule has 0 bridgehead atoms. The first-order valence-electron chi connectivity index (χ1n) is 17.6. The number of rotatable bonds is 24. The van der Waals surface area contributed by atoms with E-state index in [1.54, 1.807) is 0 Å². The van der Waals surface area contributed by atoms with E-state index in [2.05, 4.69) is 24.3 Å². The summed E-state index contributed by atoms with van der Waals surface area (Å²) in [7, 11) is -4.05. The Bertz CT molecular complexity index is 1310. The molecule has 1 aliphatic heterocycles. The standard InChI is InChI=1S/C37H54O11S.Na/c1-44-37-36(47-33(40)27-19-9-5-3-7-13-21-30-24-16-11-17-25-30)35(34(31(28-38)45-37)48-49(41,42)43)46-32(39)26-18-8-4-2-6-12-20-29-22-14-10-15-23-29;/h10-11,14-17,22-25,31,34-38H,2-9,12-13,18-21,26-28H2,1H3,(H,41,42,43);/q;+1/p-1/t31-,34-,35+,36-,37+;/m1./s1. The van der Waals surface area contributed by atoms with Crippen molar-refractivity contribution in [2.75, 3.05) is 13.7 Å². The van der Waals surface area contributed by atoms with Gasteiger partial charge < -0.3 is 28.6 Å². The van der Waals surface area contributed by atoms with E-state index in [4.69, 9.17) is 23.1 Å². The van der Waals surface area contributed by atoms with Crippen LogP contribution in [0.1, 0.15) is 101 Å². The second-order valence-corrected chi connectivity index (χ2v) is 13.6. The van der Waals surface area contributed by atoms with Crippen molar-refractivity contribution < 1.29 is 80.4 Å². The van der Waals surface area contributed by atoms with Crippen molar-refractivity contribution in [2.24, 2.45) is 0 Å². The Labute approximate surface area is 320 Å². The van der Waals surface area contributed by atoms with Gasteiger partial charge in [0.25, 0.3) is 0 Å². The average molecular weight is 729 g/mol. The first-order chi connectivity index (χ1) is 23.7. The number of esters is 2. The van der Waals surface area contributed by atoms with Crippen LogP contribution in [0.4, 0.5) is 0 Å². The summed E-state index contributed by atoms with van der Waals surface area (Å²) in [6.07, 6.45) is 5.68. The first-order valence-corrected chi connectivity index (χ1v) is 18.9. The van der Waals surface area contributed by atoms with Crippen LogP contribution < -0.4 is 29.6 Å². The van der Waals surface area contributed by atoms with Crippen molar-refractivity contribution in [3.63, 3.8) is 0 Å². The number of ether oxygens (including phenoxy) is 4. The van der Waals surface area contributed by atoms with Crippen LogP contribution in [0.3, 0.4) is 0 Å². The molecule has 0 aliphatic carbocycles. The Kier molecular flexibility index (Phi) is 22.3. The minimum Gasteiger partial charge on any atom is -0.726 e. The SMILES string of the molecule is CO[C@H]1O[C@H](CO)[C@@H](OS(=O)(=O)[O-])[C@H](OC(=O)CCCCCCCCc2ccccc2)[C@H]1OC(=O)CCCCCCCCc1ccccc1.[Na+]. The van der Waals surface area contributed by atoms with Gasteiger partial charge in [-0.1, -0.05) is 112 Å². The van der Waals surface area contributed by atoms with E-state index in [1.165, 1.54) is 18.2 Å². The van der Waals surface area contributed by atoms with Gasteiger partial charge in [0.1, 0.15) is 12.2 Å². The van der Waals surface area contributed by atoms with Crippen LogP contribution in [0.25, 0.3) is 0 Å². The second kappa shape index (κ2) is 25.2. The van der Waals surface area contributed by atoms with Gasteiger partial charge in [-0.2, -0.15) is 0 Å². The van der Waals surface area contributed by atoms with Gasteiger partial charge in [-0.15, -0.1) is 0 Å². The van der Waals surface area contributed by atoms with Crippen LogP contribution in [0.15, 0.2) is 60.7 Å². The molecule has 0 amide bonds. The van der Waals surface area contributed by atoms with Gasteiger partial charge >= 0.3 is 41.5 Å². The van der Waals surface area contributed by atoms with Crippen LogP contribution in [0, 0.1) is 0 Å². The molecule has 13 heteroatoms. The fourth-order valence-corrected chi connectivity index (χ4v) is 6.55. The van der Waals surface area contributed by atoms with Gasteiger partial charge in [-0.3, -0.25) is 13.8 Å². The number of hydrogen-bond acceptors (Lipinski definition) is 11. The third-order valence-electron chi connectivity index (χ3n) is 8.65. The van der Waals surface area contributed by atoms with Crippen LogP contribution in [-0.4, -0.2) is 74.4 Å². The molecule has 0 spiro atoms. The normalized spacial score (nSPS) is 20.5. The topological polar surface area (TPSA) is 158 Å². The van der Waals surface area contributed by atoms with Gasteiger partial charge in [0.05, 0.1) is 6.61 Å². The molecule has 1 aliphatic rings. The molecular formula is C37H53NaO11S. The number of aliphatic hydroxyl groups excluding tert-OH is 1. The van der Waals surface area contributed by atoms with Crippen LogP contribution >= 0.6 is 0 Å². The van der Waals surface area contributed by atoms with Gasteiger partial charge in [-0.25, -0.2) is 8.42 Å². The monoisotopic (exact) mass is 728 g/mol. The van der Waals surface area contributed by atoms with Crippen molar-refractivity contribution in [1.82, 2.24) is 0 Å². The number of aliphatic hydroxyl groups is 1. The molecule has 11 nitrogen and oxygen atoms in total. The predicted molar refractivity (Wildman–Crippen MR) is 182 cm³/mol. The van der Waals surface area contributed by atoms with Crippen molar-refractivity contribution in [3.05, 3.63) is 71.8 Å². The molecule has 274 valence electrons. The number of unbranched alkanes of at least 4 members (excludes halogenated alkanes) is 10. The summed E-state index contributed by atoms with van der Waals surface area (Å²) in [5.74, 6) is -1.31. The predicted octanol–water partition coefficient (Wildman–Crippen LogP) is 2.97. The maximum Gasteiger partial charge on any atom is 1.00 e. The molecule has 1 fully saturated rings. The minimum absolute atomic E-state index is 0. The Hall–Kier alpha value is -1.87. The molecule has 0 radical (unpaired) electrons. The Morgan fingerprint density at radius 2 is 1.10 bits per heavy atom. The van der Waals surface area contributed by atoms with Gasteiger partial charge in [0.15, 0.2) is 18.5 Å². The summed E-state index contributed by atoms with van der Waals surface area (Å²) < 4.78 is 61.7. The van der Waals surface area contributed by atoms with Gasteiger partial charge in [0, 0.05) is 20.0 Å². The second-order valence-electron chi connectivity index (χ2n) is 12.6. The smallest absolute Gasteiger partial charge is 0.726 e. The van der Waals surface area contributed by atoms with Crippen LogP contribution in [0.5, 0.6) is 0 Å². The Morgan fingerprint density at radius 3 is 1.52 bits per heavy atom. The van der Waals surface area contributed by atoms with E-state index < -0.39 is 59.7 Å². The molecule has 2 aromatic carbocycles. The molecule has 0 saturated carbocycles. The molecule has 1 heterocycles. The molecule has 0 unspecified atom stereocenters. The van der Waals surface area contributed by atoms with Crippen LogP contribution in [0.2, 0.25) is 0 Å². The molecule has 0 aromatic heterocycles. The van der Waals surface area contributed by atoms with E-state index in [0.29, 0.717) is 12.8 Å². The number of carbonyl (C=O) groups is 2. The van der Waals surface area contributed by atoms with E-state index in [1.807, 2.05) is 36.4 Å². The molecular weight excluding hydrogens is 675 g/mol. The number of benzene rings is 2. The molecule has 1 saturated heterocycles. The zero-order valence-corrected chi connectivity index (χ0v) is 32.4. The minimum atomic E-state index is -5.32. The summed E-state index contributed by atoms with van der Waals surface area (Å²) in [6, 6.07) is 20.6. The number of methoxy groups -OCH3 is 1. The zero-order chi connectivity index (χ0) is 35.3. The summed E-state index contributed by atoms with van der Waals surface area (Å²) in [4.78, 5) is 25.8. The maximum absolute atomic E-state index is 12.9. The molecule has 3 rings (SSSR count). The fraction of sp³-hybridized carbons (Fsp3) is 0.622. The van der Waals surface area contributed by atoms with E-state index in [-0.39, 0.29) is 42.4 Å². The van der Waals surface area contributed by atoms with E-state index >= 15 is 0 Å². The van der Waals surface area contributed by atoms with Crippen LogP contribution in [-0.2, 0) is 56.0 Å². The quantitative estimate of drug-likeness (QED) is 0.0557. The number of hydrogen-bond donors (Lipinski definition) is 1. The molecule has 50 heavy (non-hydrogen) atoms. The molecule has 2 aromatic rings. The number of carbonyl (C=O) groups excluding carboxylic acids is 2. The molecule has 1 N–H and O–H groups in total.